The molecule has 2 aromatic heterocycles. The second-order valence-electron chi connectivity index (χ2n) is 5.72. The molecular formula is C22H23N3. The highest BCUT2D eigenvalue weighted by Crippen LogP contribution is 2.30. The van der Waals surface area contributed by atoms with Crippen molar-refractivity contribution in [2.75, 3.05) is 18.0 Å². The highest BCUT2D eigenvalue weighted by Gasteiger charge is 2.13. The molecule has 25 heavy (non-hydrogen) atoms. The normalized spacial score (nSPS) is 11.0. The van der Waals surface area contributed by atoms with E-state index >= 15 is 0 Å². The largest absolute Gasteiger partial charge is 0.371 e. The summed E-state index contributed by atoms with van der Waals surface area (Å²) in [6.45, 7) is 6.26. The van der Waals surface area contributed by atoms with Crippen molar-refractivity contribution < 1.29 is 0 Å². The Balaban J connectivity index is 2.12. The van der Waals surface area contributed by atoms with Crippen LogP contribution in [0, 0.1) is 0 Å². The van der Waals surface area contributed by atoms with Crippen LogP contribution in [0.2, 0.25) is 0 Å². The average Bonchev–Trinajstić information content (AvgIpc) is 2.69. The number of benzene rings is 1. The standard InChI is InChI=1S/C22H23N3/c1-3-25(4-2)21-15-17-24-22(20-12-8-9-16-23-20)19(21)14-13-18-10-6-5-7-11-18/h5-17H,3-4H2,1-2H3. The van der Waals surface area contributed by atoms with Gasteiger partial charge in [0.15, 0.2) is 0 Å². The molecule has 0 aliphatic heterocycles. The summed E-state index contributed by atoms with van der Waals surface area (Å²) >= 11 is 0. The topological polar surface area (TPSA) is 29.0 Å². The molecule has 0 amide bonds. The number of pyridine rings is 2. The fourth-order valence-electron chi connectivity index (χ4n) is 2.92. The van der Waals surface area contributed by atoms with Crippen molar-refractivity contribution in [2.45, 2.75) is 13.8 Å². The van der Waals surface area contributed by atoms with E-state index in [0.29, 0.717) is 0 Å². The minimum absolute atomic E-state index is 0.893. The molecule has 3 rings (SSSR count). The zero-order valence-electron chi connectivity index (χ0n) is 14.8. The minimum Gasteiger partial charge on any atom is -0.371 e. The van der Waals surface area contributed by atoms with Crippen LogP contribution in [0.4, 0.5) is 5.69 Å². The van der Waals surface area contributed by atoms with Gasteiger partial charge < -0.3 is 4.90 Å². The number of hydrogen-bond donors (Lipinski definition) is 0. The van der Waals surface area contributed by atoms with Crippen molar-refractivity contribution in [3.8, 4) is 11.4 Å². The lowest BCUT2D eigenvalue weighted by Crippen LogP contribution is -2.23. The molecule has 0 saturated heterocycles. The van der Waals surface area contributed by atoms with E-state index in [2.05, 4.69) is 59.1 Å². The van der Waals surface area contributed by atoms with Crippen molar-refractivity contribution in [3.05, 3.63) is 78.1 Å². The van der Waals surface area contributed by atoms with Gasteiger partial charge in [0.25, 0.3) is 0 Å². The number of rotatable bonds is 6. The Kier molecular flexibility index (Phi) is 5.57. The van der Waals surface area contributed by atoms with E-state index in [-0.39, 0.29) is 0 Å². The summed E-state index contributed by atoms with van der Waals surface area (Å²) in [7, 11) is 0. The fourth-order valence-corrected chi connectivity index (χ4v) is 2.92. The average molecular weight is 329 g/mol. The van der Waals surface area contributed by atoms with E-state index in [9.17, 15) is 0 Å². The molecule has 0 N–H and O–H groups in total. The van der Waals surface area contributed by atoms with Gasteiger partial charge >= 0.3 is 0 Å². The monoisotopic (exact) mass is 329 g/mol. The maximum absolute atomic E-state index is 4.63. The molecule has 3 heteroatoms. The zero-order chi connectivity index (χ0) is 17.5. The number of nitrogens with zero attached hydrogens (tertiary/aromatic N) is 3. The van der Waals surface area contributed by atoms with Crippen molar-refractivity contribution in [1.82, 2.24) is 9.97 Å². The van der Waals surface area contributed by atoms with Gasteiger partial charge in [0, 0.05) is 36.7 Å². The summed E-state index contributed by atoms with van der Waals surface area (Å²) in [5, 5.41) is 0. The van der Waals surface area contributed by atoms with Crippen LogP contribution in [-0.2, 0) is 0 Å². The zero-order valence-corrected chi connectivity index (χ0v) is 14.8. The Morgan fingerprint density at radius 1 is 0.800 bits per heavy atom. The van der Waals surface area contributed by atoms with Crippen molar-refractivity contribution in [1.29, 1.82) is 0 Å². The van der Waals surface area contributed by atoms with E-state index in [0.717, 1.165) is 30.0 Å². The van der Waals surface area contributed by atoms with Gasteiger partial charge in [-0.15, -0.1) is 0 Å². The third kappa shape index (κ3) is 3.94. The molecule has 0 fully saturated rings. The van der Waals surface area contributed by atoms with E-state index < -0.39 is 0 Å². The van der Waals surface area contributed by atoms with Gasteiger partial charge in [-0.3, -0.25) is 9.97 Å². The molecule has 0 unspecified atom stereocenters. The van der Waals surface area contributed by atoms with Gasteiger partial charge in [0.1, 0.15) is 0 Å². The summed E-state index contributed by atoms with van der Waals surface area (Å²) in [5.41, 5.74) is 5.27. The Bertz CT molecular complexity index is 822. The maximum Gasteiger partial charge on any atom is 0.0979 e. The Morgan fingerprint density at radius 3 is 2.24 bits per heavy atom. The maximum atomic E-state index is 4.63. The lowest BCUT2D eigenvalue weighted by atomic mass is 10.0. The Morgan fingerprint density at radius 2 is 1.56 bits per heavy atom. The first-order valence-corrected chi connectivity index (χ1v) is 8.72. The molecule has 0 bridgehead atoms. The van der Waals surface area contributed by atoms with Crippen molar-refractivity contribution in [2.24, 2.45) is 0 Å². The predicted molar refractivity (Wildman–Crippen MR) is 106 cm³/mol. The molecule has 0 spiro atoms. The summed E-state index contributed by atoms with van der Waals surface area (Å²) in [6.07, 6.45) is 7.97. The molecular weight excluding hydrogens is 306 g/mol. The van der Waals surface area contributed by atoms with Crippen LogP contribution < -0.4 is 4.90 Å². The third-order valence-corrected chi connectivity index (χ3v) is 4.22. The Labute approximate surface area is 149 Å². The summed E-state index contributed by atoms with van der Waals surface area (Å²) in [4.78, 5) is 11.5. The first-order valence-electron chi connectivity index (χ1n) is 8.72. The molecule has 2 heterocycles. The molecule has 1 aromatic carbocycles. The molecule has 0 aliphatic rings. The van der Waals surface area contributed by atoms with Crippen LogP contribution in [0.5, 0.6) is 0 Å². The lowest BCUT2D eigenvalue weighted by molar-refractivity contribution is 0.863. The van der Waals surface area contributed by atoms with Crippen molar-refractivity contribution in [3.63, 3.8) is 0 Å². The predicted octanol–water partition coefficient (Wildman–Crippen LogP) is 5.16. The quantitative estimate of drug-likeness (QED) is 0.625. The van der Waals surface area contributed by atoms with Gasteiger partial charge in [-0.1, -0.05) is 48.6 Å². The van der Waals surface area contributed by atoms with Crippen LogP contribution >= 0.6 is 0 Å². The first-order chi connectivity index (χ1) is 12.3. The Hall–Kier alpha value is -2.94. The summed E-state index contributed by atoms with van der Waals surface area (Å²) in [6, 6.07) is 18.4. The second kappa shape index (κ2) is 8.25. The highest BCUT2D eigenvalue weighted by atomic mass is 15.1. The number of anilines is 1. The minimum atomic E-state index is 0.893. The van der Waals surface area contributed by atoms with Gasteiger partial charge in [0.05, 0.1) is 11.4 Å². The van der Waals surface area contributed by atoms with Crippen LogP contribution in [0.3, 0.4) is 0 Å². The highest BCUT2D eigenvalue weighted by molar-refractivity contribution is 5.85. The van der Waals surface area contributed by atoms with E-state index in [1.54, 1.807) is 0 Å². The van der Waals surface area contributed by atoms with E-state index in [1.807, 2.05) is 48.8 Å². The lowest BCUT2D eigenvalue weighted by Gasteiger charge is -2.24. The second-order valence-corrected chi connectivity index (χ2v) is 5.72. The molecule has 126 valence electrons. The molecule has 3 nitrogen and oxygen atoms in total. The molecule has 0 aliphatic carbocycles. The SMILES string of the molecule is CCN(CC)c1ccnc(-c2ccccn2)c1C=Cc1ccccc1. The van der Waals surface area contributed by atoms with E-state index in [1.165, 1.54) is 11.3 Å². The van der Waals surface area contributed by atoms with Gasteiger partial charge in [-0.05, 0) is 37.6 Å². The van der Waals surface area contributed by atoms with E-state index in [4.69, 9.17) is 0 Å². The first kappa shape index (κ1) is 16.9. The van der Waals surface area contributed by atoms with Crippen LogP contribution in [0.1, 0.15) is 25.0 Å². The van der Waals surface area contributed by atoms with Gasteiger partial charge in [0.2, 0.25) is 0 Å². The summed E-state index contributed by atoms with van der Waals surface area (Å²) < 4.78 is 0. The summed E-state index contributed by atoms with van der Waals surface area (Å²) in [5.74, 6) is 0. The van der Waals surface area contributed by atoms with Crippen molar-refractivity contribution >= 4 is 17.8 Å². The number of aromatic nitrogens is 2. The van der Waals surface area contributed by atoms with Crippen LogP contribution in [0.25, 0.3) is 23.5 Å². The molecule has 0 atom stereocenters. The third-order valence-electron chi connectivity index (χ3n) is 4.22. The van der Waals surface area contributed by atoms with Gasteiger partial charge in [-0.25, -0.2) is 0 Å². The number of hydrogen-bond acceptors (Lipinski definition) is 3. The molecule has 0 radical (unpaired) electrons. The van der Waals surface area contributed by atoms with Crippen LogP contribution in [0.15, 0.2) is 67.0 Å². The van der Waals surface area contributed by atoms with Gasteiger partial charge in [-0.2, -0.15) is 0 Å². The molecule has 0 saturated carbocycles. The van der Waals surface area contributed by atoms with Crippen LogP contribution in [-0.4, -0.2) is 23.1 Å². The smallest absolute Gasteiger partial charge is 0.0979 e. The fraction of sp³-hybridized carbons (Fsp3) is 0.182. The molecule has 3 aromatic rings.